The van der Waals surface area contributed by atoms with E-state index in [0.29, 0.717) is 11.2 Å². The third-order valence-electron chi connectivity index (χ3n) is 2.70. The maximum atomic E-state index is 5.14. The Kier molecular flexibility index (Phi) is 1.98. The van der Waals surface area contributed by atoms with Gasteiger partial charge in [-0.2, -0.15) is 0 Å². The van der Waals surface area contributed by atoms with Crippen molar-refractivity contribution in [1.82, 2.24) is 0 Å². The van der Waals surface area contributed by atoms with Gasteiger partial charge in [0.2, 0.25) is 0 Å². The Bertz CT molecular complexity index is 363. The van der Waals surface area contributed by atoms with E-state index in [1.165, 1.54) is 11.3 Å². The van der Waals surface area contributed by atoms with Gasteiger partial charge in [-0.1, -0.05) is 35.5 Å². The lowest BCUT2D eigenvalue weighted by molar-refractivity contribution is 0.158. The van der Waals surface area contributed by atoms with Crippen molar-refractivity contribution in [3.63, 3.8) is 0 Å². The Labute approximate surface area is 87.3 Å². The zero-order chi connectivity index (χ0) is 9.38. The van der Waals surface area contributed by atoms with Crippen molar-refractivity contribution in [2.24, 2.45) is 11.1 Å². The Morgan fingerprint density at radius 3 is 3.00 bits per heavy atom. The van der Waals surface area contributed by atoms with Gasteiger partial charge in [0.25, 0.3) is 0 Å². The molecule has 1 aromatic carbocycles. The van der Waals surface area contributed by atoms with Gasteiger partial charge in [-0.15, -0.1) is 11.8 Å². The Morgan fingerprint density at radius 2 is 2.14 bits per heavy atom. The number of oxime groups is 1. The van der Waals surface area contributed by atoms with Crippen molar-refractivity contribution in [2.45, 2.75) is 5.25 Å². The highest BCUT2D eigenvalue weighted by Gasteiger charge is 2.37. The molecule has 2 aliphatic rings. The van der Waals surface area contributed by atoms with Gasteiger partial charge in [0, 0.05) is 11.7 Å². The first kappa shape index (κ1) is 8.36. The summed E-state index contributed by atoms with van der Waals surface area (Å²) in [7, 11) is 0. The lowest BCUT2D eigenvalue weighted by Crippen LogP contribution is -2.11. The van der Waals surface area contributed by atoms with E-state index < -0.39 is 0 Å². The van der Waals surface area contributed by atoms with Crippen LogP contribution in [0.5, 0.6) is 0 Å². The van der Waals surface area contributed by atoms with E-state index in [0.717, 1.165) is 12.4 Å². The van der Waals surface area contributed by atoms with Crippen LogP contribution in [0.25, 0.3) is 0 Å². The predicted molar refractivity (Wildman–Crippen MR) is 58.5 cm³/mol. The molecule has 2 atom stereocenters. The summed E-state index contributed by atoms with van der Waals surface area (Å²) in [5, 5.41) is 4.59. The lowest BCUT2D eigenvalue weighted by atomic mass is 10.00. The van der Waals surface area contributed by atoms with E-state index >= 15 is 0 Å². The fourth-order valence-electron chi connectivity index (χ4n) is 1.95. The topological polar surface area (TPSA) is 21.6 Å². The molecule has 14 heavy (non-hydrogen) atoms. The smallest absolute Gasteiger partial charge is 0.126 e. The summed E-state index contributed by atoms with van der Waals surface area (Å²) in [6.07, 6.45) is 0. The quantitative estimate of drug-likeness (QED) is 0.702. The van der Waals surface area contributed by atoms with Gasteiger partial charge < -0.3 is 4.84 Å². The van der Waals surface area contributed by atoms with Crippen molar-refractivity contribution in [3.8, 4) is 0 Å². The molecule has 3 rings (SSSR count). The molecule has 0 N–H and O–H groups in total. The van der Waals surface area contributed by atoms with E-state index in [-0.39, 0.29) is 0 Å². The van der Waals surface area contributed by atoms with Crippen LogP contribution in [0.1, 0.15) is 10.8 Å². The number of hydrogen-bond donors (Lipinski definition) is 0. The molecule has 0 amide bonds. The van der Waals surface area contributed by atoms with Gasteiger partial charge in [-0.3, -0.25) is 0 Å². The van der Waals surface area contributed by atoms with Crippen LogP contribution in [0.3, 0.4) is 0 Å². The van der Waals surface area contributed by atoms with Crippen molar-refractivity contribution in [3.05, 3.63) is 35.9 Å². The summed E-state index contributed by atoms with van der Waals surface area (Å²) in [6, 6.07) is 10.6. The van der Waals surface area contributed by atoms with Gasteiger partial charge >= 0.3 is 0 Å². The molecule has 0 unspecified atom stereocenters. The molecule has 0 bridgehead atoms. The molecule has 0 radical (unpaired) electrons. The Hall–Kier alpha value is -0.960. The number of benzene rings is 1. The highest BCUT2D eigenvalue weighted by molar-refractivity contribution is 8.00. The molecular formula is C11H11NOS. The fourth-order valence-corrected chi connectivity index (χ4v) is 3.40. The Morgan fingerprint density at radius 1 is 1.29 bits per heavy atom. The van der Waals surface area contributed by atoms with Gasteiger partial charge in [-0.05, 0) is 5.56 Å². The first-order chi connectivity index (χ1) is 6.95. The largest absolute Gasteiger partial charge is 0.395 e. The van der Waals surface area contributed by atoms with Crippen LogP contribution in [-0.4, -0.2) is 18.1 Å². The summed E-state index contributed by atoms with van der Waals surface area (Å²) < 4.78 is 0. The van der Waals surface area contributed by atoms with Crippen LogP contribution in [0.2, 0.25) is 0 Å². The molecule has 0 aliphatic carbocycles. The minimum atomic E-state index is 0.434. The summed E-state index contributed by atoms with van der Waals surface area (Å²) >= 11 is 1.98. The minimum Gasteiger partial charge on any atom is -0.395 e. The molecule has 0 aromatic heterocycles. The van der Waals surface area contributed by atoms with Crippen LogP contribution in [0.15, 0.2) is 35.5 Å². The van der Waals surface area contributed by atoms with Gasteiger partial charge in [0.15, 0.2) is 0 Å². The maximum Gasteiger partial charge on any atom is 0.126 e. The standard InChI is InChI=1S/C11H11NOS/c1-2-4-8(5-3-1)11-10-9(7-14-11)6-13-12-10/h1-5,9,11H,6-7H2/t9-,11-/m1/s1. The van der Waals surface area contributed by atoms with Crippen LogP contribution in [-0.2, 0) is 4.84 Å². The number of fused-ring (bicyclic) bond motifs is 1. The molecule has 0 saturated carbocycles. The first-order valence-corrected chi connectivity index (χ1v) is 5.86. The van der Waals surface area contributed by atoms with Crippen LogP contribution >= 0.6 is 11.8 Å². The predicted octanol–water partition coefficient (Wildman–Crippen LogP) is 2.48. The van der Waals surface area contributed by atoms with E-state index in [4.69, 9.17) is 4.84 Å². The van der Waals surface area contributed by atoms with Gasteiger partial charge in [0.1, 0.15) is 6.61 Å². The number of thioether (sulfide) groups is 1. The highest BCUT2D eigenvalue weighted by atomic mass is 32.2. The van der Waals surface area contributed by atoms with Crippen LogP contribution in [0, 0.1) is 5.92 Å². The third-order valence-corrected chi connectivity index (χ3v) is 4.14. The van der Waals surface area contributed by atoms with Crippen molar-refractivity contribution >= 4 is 17.5 Å². The van der Waals surface area contributed by atoms with E-state index in [2.05, 4.69) is 29.4 Å². The van der Waals surface area contributed by atoms with Crippen molar-refractivity contribution in [2.75, 3.05) is 12.4 Å². The summed E-state index contributed by atoms with van der Waals surface area (Å²) in [4.78, 5) is 5.14. The number of nitrogens with zero attached hydrogens (tertiary/aromatic N) is 1. The minimum absolute atomic E-state index is 0.434. The summed E-state index contributed by atoms with van der Waals surface area (Å²) in [6.45, 7) is 0.783. The molecule has 72 valence electrons. The Balaban J connectivity index is 1.93. The molecule has 3 heteroatoms. The molecule has 1 aromatic rings. The SMILES string of the molecule is c1ccc([C@H]2SC[C@H]3CON=C32)cc1. The number of hydrogen-bond acceptors (Lipinski definition) is 3. The van der Waals surface area contributed by atoms with Gasteiger partial charge in [0.05, 0.1) is 11.0 Å². The molecule has 0 spiro atoms. The number of rotatable bonds is 1. The van der Waals surface area contributed by atoms with E-state index in [1.54, 1.807) is 0 Å². The maximum absolute atomic E-state index is 5.14. The normalized spacial score (nSPS) is 29.6. The van der Waals surface area contributed by atoms with Crippen molar-refractivity contribution in [1.29, 1.82) is 0 Å². The monoisotopic (exact) mass is 205 g/mol. The zero-order valence-electron chi connectivity index (χ0n) is 7.72. The second kappa shape index (κ2) is 3.31. The first-order valence-electron chi connectivity index (χ1n) is 4.81. The molecule has 2 nitrogen and oxygen atoms in total. The van der Waals surface area contributed by atoms with E-state index in [9.17, 15) is 0 Å². The molecule has 2 aliphatic heterocycles. The lowest BCUT2D eigenvalue weighted by Gasteiger charge is -2.08. The van der Waals surface area contributed by atoms with Crippen LogP contribution in [0.4, 0.5) is 0 Å². The highest BCUT2D eigenvalue weighted by Crippen LogP contribution is 2.43. The van der Waals surface area contributed by atoms with E-state index in [1.807, 2.05) is 17.8 Å². The molecule has 1 fully saturated rings. The zero-order valence-corrected chi connectivity index (χ0v) is 8.54. The van der Waals surface area contributed by atoms with Crippen LogP contribution < -0.4 is 0 Å². The second-order valence-electron chi connectivity index (χ2n) is 3.63. The average molecular weight is 205 g/mol. The second-order valence-corrected chi connectivity index (χ2v) is 4.77. The average Bonchev–Trinajstić information content (AvgIpc) is 2.79. The third kappa shape index (κ3) is 1.23. The summed E-state index contributed by atoms with van der Waals surface area (Å²) in [5.74, 6) is 1.71. The molecular weight excluding hydrogens is 194 g/mol. The fraction of sp³-hybridized carbons (Fsp3) is 0.364. The molecule has 1 saturated heterocycles. The van der Waals surface area contributed by atoms with Gasteiger partial charge in [-0.25, -0.2) is 0 Å². The molecule has 2 heterocycles. The summed E-state index contributed by atoms with van der Waals surface area (Å²) in [5.41, 5.74) is 2.59. The van der Waals surface area contributed by atoms with Crippen molar-refractivity contribution < 1.29 is 4.84 Å².